The van der Waals surface area contributed by atoms with Gasteiger partial charge in [0.2, 0.25) is 10.0 Å². The molecule has 150 valence electrons. The molecule has 2 heterocycles. The molecule has 7 heteroatoms. The normalized spacial score (nSPS) is 15.4. The van der Waals surface area contributed by atoms with Gasteiger partial charge in [-0.25, -0.2) is 8.42 Å². The smallest absolute Gasteiger partial charge is 0.253 e. The second kappa shape index (κ2) is 8.23. The average molecular weight is 410 g/mol. The van der Waals surface area contributed by atoms with Crippen molar-refractivity contribution in [3.05, 3.63) is 90.3 Å². The zero-order chi connectivity index (χ0) is 20.3. The predicted molar refractivity (Wildman–Crippen MR) is 112 cm³/mol. The number of sulfonamides is 1. The summed E-state index contributed by atoms with van der Waals surface area (Å²) >= 11 is 0. The molecule has 0 N–H and O–H groups in total. The molecule has 1 saturated heterocycles. The van der Waals surface area contributed by atoms with E-state index in [1.807, 2.05) is 83.7 Å². The van der Waals surface area contributed by atoms with E-state index in [0.717, 1.165) is 11.3 Å². The number of carbonyl (C=O) groups excluding carboxylic acids is 1. The summed E-state index contributed by atoms with van der Waals surface area (Å²) in [7, 11) is -3.39. The van der Waals surface area contributed by atoms with Gasteiger partial charge in [-0.05, 0) is 42.0 Å². The largest absolute Gasteiger partial charge is 0.336 e. The molecular weight excluding hydrogens is 386 g/mol. The fourth-order valence-corrected chi connectivity index (χ4v) is 5.03. The third-order valence-electron chi connectivity index (χ3n) is 5.13. The monoisotopic (exact) mass is 409 g/mol. The number of nitrogens with zero attached hydrogens (tertiary/aromatic N) is 3. The van der Waals surface area contributed by atoms with E-state index in [1.54, 1.807) is 4.90 Å². The Morgan fingerprint density at radius 2 is 1.41 bits per heavy atom. The van der Waals surface area contributed by atoms with Gasteiger partial charge in [0.25, 0.3) is 5.91 Å². The van der Waals surface area contributed by atoms with Crippen molar-refractivity contribution in [2.75, 3.05) is 26.2 Å². The van der Waals surface area contributed by atoms with Gasteiger partial charge in [0.05, 0.1) is 5.75 Å². The van der Waals surface area contributed by atoms with Crippen LogP contribution >= 0.6 is 0 Å². The minimum Gasteiger partial charge on any atom is -0.336 e. The molecule has 0 bridgehead atoms. The van der Waals surface area contributed by atoms with Gasteiger partial charge < -0.3 is 9.47 Å². The zero-order valence-electron chi connectivity index (χ0n) is 16.0. The molecule has 0 radical (unpaired) electrons. The van der Waals surface area contributed by atoms with Crippen LogP contribution in [0.15, 0.2) is 79.1 Å². The summed E-state index contributed by atoms with van der Waals surface area (Å²) < 4.78 is 28.8. The van der Waals surface area contributed by atoms with Crippen molar-refractivity contribution in [2.45, 2.75) is 5.75 Å². The summed E-state index contributed by atoms with van der Waals surface area (Å²) in [6.07, 6.45) is 3.90. The maximum absolute atomic E-state index is 12.8. The molecule has 0 spiro atoms. The molecule has 1 aliphatic heterocycles. The summed E-state index contributed by atoms with van der Waals surface area (Å²) in [6, 6.07) is 20.5. The molecule has 6 nitrogen and oxygen atoms in total. The fraction of sp³-hybridized carbons (Fsp3) is 0.227. The summed E-state index contributed by atoms with van der Waals surface area (Å²) in [5, 5.41) is 0. The van der Waals surface area contributed by atoms with E-state index in [2.05, 4.69) is 0 Å². The Labute approximate surface area is 171 Å². The lowest BCUT2D eigenvalue weighted by Crippen LogP contribution is -2.50. The first kappa shape index (κ1) is 19.4. The Morgan fingerprint density at radius 3 is 2.03 bits per heavy atom. The Morgan fingerprint density at radius 1 is 0.793 bits per heavy atom. The molecule has 1 aliphatic rings. The number of aromatic nitrogens is 1. The molecule has 0 unspecified atom stereocenters. The van der Waals surface area contributed by atoms with Crippen LogP contribution in [-0.2, 0) is 15.8 Å². The second-order valence-corrected chi connectivity index (χ2v) is 9.04. The maximum Gasteiger partial charge on any atom is 0.253 e. The van der Waals surface area contributed by atoms with Gasteiger partial charge >= 0.3 is 0 Å². The van der Waals surface area contributed by atoms with Gasteiger partial charge in [-0.3, -0.25) is 4.79 Å². The lowest BCUT2D eigenvalue weighted by atomic mass is 10.1. The van der Waals surface area contributed by atoms with Gasteiger partial charge in [0.15, 0.2) is 0 Å². The van der Waals surface area contributed by atoms with Gasteiger partial charge in [-0.2, -0.15) is 4.31 Å². The number of hydrogen-bond acceptors (Lipinski definition) is 3. The quantitative estimate of drug-likeness (QED) is 0.651. The summed E-state index contributed by atoms with van der Waals surface area (Å²) in [5.41, 5.74) is 2.37. The van der Waals surface area contributed by atoms with Crippen molar-refractivity contribution in [3.8, 4) is 5.69 Å². The van der Waals surface area contributed by atoms with Crippen molar-refractivity contribution in [1.29, 1.82) is 0 Å². The highest BCUT2D eigenvalue weighted by Crippen LogP contribution is 2.16. The molecule has 2 aromatic carbocycles. The number of piperazine rings is 1. The molecule has 0 atom stereocenters. The van der Waals surface area contributed by atoms with Crippen LogP contribution in [0.3, 0.4) is 0 Å². The lowest BCUT2D eigenvalue weighted by Gasteiger charge is -2.34. The van der Waals surface area contributed by atoms with E-state index in [0.29, 0.717) is 31.7 Å². The van der Waals surface area contributed by atoms with Gasteiger partial charge in [0, 0.05) is 49.8 Å². The van der Waals surface area contributed by atoms with Crippen molar-refractivity contribution in [3.63, 3.8) is 0 Å². The number of rotatable bonds is 5. The van der Waals surface area contributed by atoms with Gasteiger partial charge in [-0.15, -0.1) is 0 Å². The Bertz CT molecular complexity index is 1050. The first-order chi connectivity index (χ1) is 14.0. The van der Waals surface area contributed by atoms with Crippen LogP contribution in [0.4, 0.5) is 0 Å². The first-order valence-corrected chi connectivity index (χ1v) is 11.2. The summed E-state index contributed by atoms with van der Waals surface area (Å²) in [5.74, 6) is -0.0769. The highest BCUT2D eigenvalue weighted by atomic mass is 32.2. The topological polar surface area (TPSA) is 62.6 Å². The predicted octanol–water partition coefficient (Wildman–Crippen LogP) is 2.77. The summed E-state index contributed by atoms with van der Waals surface area (Å²) in [4.78, 5) is 14.5. The number of benzene rings is 2. The zero-order valence-corrected chi connectivity index (χ0v) is 16.8. The van der Waals surface area contributed by atoms with E-state index >= 15 is 0 Å². The molecule has 4 rings (SSSR count). The third-order valence-corrected chi connectivity index (χ3v) is 6.98. The Kier molecular flexibility index (Phi) is 5.51. The maximum atomic E-state index is 12.8. The van der Waals surface area contributed by atoms with E-state index in [1.165, 1.54) is 4.31 Å². The van der Waals surface area contributed by atoms with Crippen LogP contribution in [0.2, 0.25) is 0 Å². The van der Waals surface area contributed by atoms with E-state index < -0.39 is 10.0 Å². The molecule has 1 amide bonds. The van der Waals surface area contributed by atoms with Gasteiger partial charge in [0.1, 0.15) is 0 Å². The third kappa shape index (κ3) is 4.41. The SMILES string of the molecule is O=C(c1ccc(-n2cccc2)cc1)N1CCN(S(=O)(=O)Cc2ccccc2)CC1. The van der Waals surface area contributed by atoms with E-state index in [9.17, 15) is 13.2 Å². The van der Waals surface area contributed by atoms with E-state index in [4.69, 9.17) is 0 Å². The Balaban J connectivity index is 1.37. The summed E-state index contributed by atoms with van der Waals surface area (Å²) in [6.45, 7) is 1.43. The van der Waals surface area contributed by atoms with Crippen molar-refractivity contribution in [1.82, 2.24) is 13.8 Å². The molecular formula is C22H23N3O3S. The minimum atomic E-state index is -3.39. The molecule has 0 saturated carbocycles. The number of hydrogen-bond donors (Lipinski definition) is 0. The molecule has 1 aromatic heterocycles. The van der Waals surface area contributed by atoms with Crippen LogP contribution in [0, 0.1) is 0 Å². The lowest BCUT2D eigenvalue weighted by molar-refractivity contribution is 0.0698. The van der Waals surface area contributed by atoms with Crippen molar-refractivity contribution >= 4 is 15.9 Å². The minimum absolute atomic E-state index is 0.0113. The molecule has 1 fully saturated rings. The number of amides is 1. The van der Waals surface area contributed by atoms with Crippen LogP contribution in [0.5, 0.6) is 0 Å². The average Bonchev–Trinajstić information content (AvgIpc) is 3.29. The molecule has 0 aliphatic carbocycles. The Hall–Kier alpha value is -2.90. The second-order valence-electron chi connectivity index (χ2n) is 7.07. The van der Waals surface area contributed by atoms with Crippen LogP contribution in [-0.4, -0.2) is 54.3 Å². The standard InChI is InChI=1S/C22H23N3O3S/c26-22(20-8-10-21(11-9-20)23-12-4-5-13-23)24-14-16-25(17-15-24)29(27,28)18-19-6-2-1-3-7-19/h1-13H,14-18H2. The highest BCUT2D eigenvalue weighted by Gasteiger charge is 2.29. The van der Waals surface area contributed by atoms with E-state index in [-0.39, 0.29) is 11.7 Å². The first-order valence-electron chi connectivity index (χ1n) is 9.57. The highest BCUT2D eigenvalue weighted by molar-refractivity contribution is 7.88. The fourth-order valence-electron chi connectivity index (χ4n) is 3.51. The van der Waals surface area contributed by atoms with Crippen LogP contribution < -0.4 is 0 Å². The van der Waals surface area contributed by atoms with Crippen molar-refractivity contribution < 1.29 is 13.2 Å². The van der Waals surface area contributed by atoms with Crippen LogP contribution in [0.25, 0.3) is 5.69 Å². The molecule has 29 heavy (non-hydrogen) atoms. The number of carbonyl (C=O) groups is 1. The van der Waals surface area contributed by atoms with Gasteiger partial charge in [-0.1, -0.05) is 30.3 Å². The van der Waals surface area contributed by atoms with Crippen LogP contribution in [0.1, 0.15) is 15.9 Å². The molecule has 3 aromatic rings. The van der Waals surface area contributed by atoms with Crippen molar-refractivity contribution in [2.24, 2.45) is 0 Å².